The normalized spacial score (nSPS) is 25.9. The summed E-state index contributed by atoms with van der Waals surface area (Å²) in [5, 5.41) is -3.80. The highest BCUT2D eigenvalue weighted by Gasteiger charge is 2.63. The van der Waals surface area contributed by atoms with Gasteiger partial charge in [0, 0.05) is 12.5 Å². The average Bonchev–Trinajstić information content (AvgIpc) is 2.79. The van der Waals surface area contributed by atoms with E-state index in [9.17, 15) is 26.4 Å². The number of sulfone groups is 2. The molecule has 1 aliphatic rings. The highest BCUT2D eigenvalue weighted by Crippen LogP contribution is 2.43. The number of rotatable bonds is 9. The first-order chi connectivity index (χ1) is 15.5. The molecule has 2 atom stereocenters. The lowest BCUT2D eigenvalue weighted by Gasteiger charge is -2.39. The molecule has 0 aromatic heterocycles. The van der Waals surface area contributed by atoms with E-state index in [1.54, 1.807) is 0 Å². The second-order valence-corrected chi connectivity index (χ2v) is 12.4. The van der Waals surface area contributed by atoms with E-state index in [1.807, 2.05) is 18.7 Å². The average molecular weight is 506 g/mol. The zero-order valence-corrected chi connectivity index (χ0v) is 21.0. The Bertz CT molecular complexity index is 994. The fraction of sp³-hybridized carbons (Fsp3) is 0.619. The minimum atomic E-state index is -4.61. The monoisotopic (exact) mass is 505 g/mol. The minimum absolute atomic E-state index is 0.158. The molecular formula is C21H31NO9S2. The van der Waals surface area contributed by atoms with E-state index in [-0.39, 0.29) is 18.5 Å². The molecule has 33 heavy (non-hydrogen) atoms. The van der Waals surface area contributed by atoms with E-state index in [2.05, 4.69) is 0 Å². The van der Waals surface area contributed by atoms with Crippen LogP contribution in [0.3, 0.4) is 0 Å². The lowest BCUT2D eigenvalue weighted by atomic mass is 9.91. The van der Waals surface area contributed by atoms with Crippen molar-refractivity contribution in [1.29, 1.82) is 0 Å². The molecule has 0 bridgehead atoms. The maximum Gasteiger partial charge on any atom is 0.324 e. The van der Waals surface area contributed by atoms with Gasteiger partial charge in [-0.3, -0.25) is 9.59 Å². The first-order valence-electron chi connectivity index (χ1n) is 10.5. The van der Waals surface area contributed by atoms with Crippen LogP contribution < -0.4 is 4.74 Å². The molecular weight excluding hydrogens is 474 g/mol. The molecule has 0 amide bonds. The standard InChI is InChI=1S/C21H31NO9S2/c1-6-22(7-2)13-12-16-32(25,26)18(20(23)30-4)17(14-8-10-15(29-3)11-9-14)19(21(24)31-5)33(16,27)28/h8-11,16-19H,6-7,12-13H2,1-5H3. The Labute approximate surface area is 195 Å². The van der Waals surface area contributed by atoms with E-state index in [0.717, 1.165) is 14.2 Å². The molecule has 2 unspecified atom stereocenters. The number of ether oxygens (including phenoxy) is 3. The summed E-state index contributed by atoms with van der Waals surface area (Å²) in [4.78, 5) is 27.4. The summed E-state index contributed by atoms with van der Waals surface area (Å²) >= 11 is 0. The molecule has 1 aliphatic heterocycles. The third-order valence-corrected chi connectivity index (χ3v) is 12.0. The smallest absolute Gasteiger partial charge is 0.324 e. The summed E-state index contributed by atoms with van der Waals surface area (Å²) < 4.78 is 67.1. The van der Waals surface area contributed by atoms with Gasteiger partial charge in [0.05, 0.1) is 21.3 Å². The molecule has 1 aromatic carbocycles. The summed E-state index contributed by atoms with van der Waals surface area (Å²) in [6.07, 6.45) is -0.289. The van der Waals surface area contributed by atoms with Gasteiger partial charge < -0.3 is 19.1 Å². The summed E-state index contributed by atoms with van der Waals surface area (Å²) in [6, 6.07) is 5.83. The number of methoxy groups -OCH3 is 3. The van der Waals surface area contributed by atoms with Gasteiger partial charge >= 0.3 is 11.9 Å². The van der Waals surface area contributed by atoms with Crippen molar-refractivity contribution in [3.05, 3.63) is 29.8 Å². The zero-order chi connectivity index (χ0) is 25.0. The molecule has 0 spiro atoms. The van der Waals surface area contributed by atoms with Crippen LogP contribution in [0, 0.1) is 0 Å². The molecule has 0 saturated carbocycles. The van der Waals surface area contributed by atoms with Gasteiger partial charge in [-0.1, -0.05) is 26.0 Å². The van der Waals surface area contributed by atoms with Crippen molar-refractivity contribution in [3.8, 4) is 5.75 Å². The number of benzene rings is 1. The summed E-state index contributed by atoms with van der Waals surface area (Å²) in [7, 11) is -5.76. The lowest BCUT2D eigenvalue weighted by molar-refractivity contribution is -0.142. The van der Waals surface area contributed by atoms with E-state index in [0.29, 0.717) is 18.8 Å². The fourth-order valence-corrected chi connectivity index (χ4v) is 10.2. The highest BCUT2D eigenvalue weighted by molar-refractivity contribution is 8.11. The van der Waals surface area contributed by atoms with Crippen molar-refractivity contribution in [3.63, 3.8) is 0 Å². The Morgan fingerprint density at radius 2 is 1.30 bits per heavy atom. The number of hydrogen-bond acceptors (Lipinski definition) is 10. The SMILES string of the molecule is CCN(CC)CCC1S(=O)(=O)C(C(=O)OC)C(c2ccc(OC)cc2)C(C(=O)OC)S1(=O)=O. The topological polar surface area (TPSA) is 133 Å². The number of carbonyl (C=O) groups is 2. The van der Waals surface area contributed by atoms with Crippen molar-refractivity contribution < 1.29 is 40.6 Å². The third kappa shape index (κ3) is 5.17. The van der Waals surface area contributed by atoms with E-state index >= 15 is 0 Å². The van der Waals surface area contributed by atoms with Crippen molar-refractivity contribution in [1.82, 2.24) is 4.90 Å². The fourth-order valence-electron chi connectivity index (χ4n) is 4.21. The van der Waals surface area contributed by atoms with Crippen molar-refractivity contribution in [2.24, 2.45) is 0 Å². The van der Waals surface area contributed by atoms with Gasteiger partial charge in [-0.2, -0.15) is 0 Å². The summed E-state index contributed by atoms with van der Waals surface area (Å²) in [6.45, 7) is 5.05. The van der Waals surface area contributed by atoms with Crippen LogP contribution in [0.4, 0.5) is 0 Å². The lowest BCUT2D eigenvalue weighted by Crippen LogP contribution is -2.60. The van der Waals surface area contributed by atoms with Crippen LogP contribution in [0.5, 0.6) is 5.75 Å². The van der Waals surface area contributed by atoms with Crippen LogP contribution in [0.1, 0.15) is 31.7 Å². The Morgan fingerprint density at radius 3 is 1.67 bits per heavy atom. The molecule has 2 rings (SSSR count). The van der Waals surface area contributed by atoms with Crippen LogP contribution in [-0.2, 0) is 38.7 Å². The molecule has 1 saturated heterocycles. The molecule has 12 heteroatoms. The van der Waals surface area contributed by atoms with Crippen LogP contribution >= 0.6 is 0 Å². The van der Waals surface area contributed by atoms with Crippen molar-refractivity contribution in [2.75, 3.05) is 41.0 Å². The number of carbonyl (C=O) groups excluding carboxylic acids is 2. The quantitative estimate of drug-likeness (QED) is 0.443. The highest BCUT2D eigenvalue weighted by atomic mass is 32.3. The third-order valence-electron chi connectivity index (χ3n) is 6.04. The molecule has 1 heterocycles. The van der Waals surface area contributed by atoms with E-state index in [4.69, 9.17) is 14.2 Å². The summed E-state index contributed by atoms with van der Waals surface area (Å²) in [5.74, 6) is -3.38. The molecule has 0 N–H and O–H groups in total. The summed E-state index contributed by atoms with van der Waals surface area (Å²) in [5.41, 5.74) is 0.163. The zero-order valence-electron chi connectivity index (χ0n) is 19.4. The molecule has 1 aromatic rings. The molecule has 0 aliphatic carbocycles. The first-order valence-corrected chi connectivity index (χ1v) is 13.7. The van der Waals surface area contributed by atoms with E-state index < -0.39 is 52.6 Å². The van der Waals surface area contributed by atoms with Gasteiger partial charge in [-0.05, 0) is 37.2 Å². The van der Waals surface area contributed by atoms with Gasteiger partial charge in [-0.15, -0.1) is 0 Å². The second kappa shape index (κ2) is 10.8. The molecule has 186 valence electrons. The number of esters is 2. The van der Waals surface area contributed by atoms with Crippen LogP contribution in [0.2, 0.25) is 0 Å². The van der Waals surface area contributed by atoms with Gasteiger partial charge in [0.15, 0.2) is 34.8 Å². The Morgan fingerprint density at radius 1 is 0.848 bits per heavy atom. The predicted octanol–water partition coefficient (Wildman–Crippen LogP) is 0.763. The van der Waals surface area contributed by atoms with Crippen LogP contribution in [0.25, 0.3) is 0 Å². The second-order valence-electron chi connectivity index (χ2n) is 7.61. The Balaban J connectivity index is 2.75. The molecule has 10 nitrogen and oxygen atoms in total. The van der Waals surface area contributed by atoms with Gasteiger partial charge in [-0.25, -0.2) is 16.8 Å². The molecule has 0 radical (unpaired) electrons. The first kappa shape index (κ1) is 27.1. The number of hydrogen-bond donors (Lipinski definition) is 0. The van der Waals surface area contributed by atoms with Gasteiger partial charge in [0.2, 0.25) is 0 Å². The number of nitrogens with zero attached hydrogens (tertiary/aromatic N) is 1. The maximum atomic E-state index is 13.6. The largest absolute Gasteiger partial charge is 0.497 e. The van der Waals surface area contributed by atoms with Crippen LogP contribution in [0.15, 0.2) is 24.3 Å². The van der Waals surface area contributed by atoms with Gasteiger partial charge in [0.25, 0.3) is 0 Å². The van der Waals surface area contributed by atoms with Crippen molar-refractivity contribution >= 4 is 31.6 Å². The molecule has 1 fully saturated rings. The van der Waals surface area contributed by atoms with Crippen LogP contribution in [-0.4, -0.2) is 89.7 Å². The minimum Gasteiger partial charge on any atom is -0.497 e. The van der Waals surface area contributed by atoms with E-state index in [1.165, 1.54) is 31.4 Å². The predicted molar refractivity (Wildman–Crippen MR) is 121 cm³/mol. The maximum absolute atomic E-state index is 13.6. The Kier molecular flexibility index (Phi) is 8.88. The van der Waals surface area contributed by atoms with Gasteiger partial charge in [0.1, 0.15) is 5.75 Å². The Hall–Kier alpha value is -2.18. The van der Waals surface area contributed by atoms with Crippen molar-refractivity contribution in [2.45, 2.75) is 41.3 Å².